The van der Waals surface area contributed by atoms with Crippen molar-refractivity contribution in [3.63, 3.8) is 0 Å². The minimum absolute atomic E-state index is 0.0635. The van der Waals surface area contributed by atoms with E-state index in [4.69, 9.17) is 4.74 Å². The second-order valence-electron chi connectivity index (χ2n) is 8.27. The van der Waals surface area contributed by atoms with Crippen molar-refractivity contribution in [1.82, 2.24) is 9.47 Å². The standard InChI is InChI=1S/C22H30N2O2/c1-16(26-18-12-10-17(11-13-18)22(2,3)4)21(25)24-15-7-9-20(24)19-8-6-14-23(19)5/h6,8,10-14,16,20H,7,9,15H2,1-5H3. The number of likely N-dealkylation sites (tertiary alicyclic amines) is 1. The summed E-state index contributed by atoms with van der Waals surface area (Å²) in [5.74, 6) is 0.807. The van der Waals surface area contributed by atoms with Gasteiger partial charge >= 0.3 is 0 Å². The van der Waals surface area contributed by atoms with Crippen LogP contribution in [0.4, 0.5) is 0 Å². The van der Waals surface area contributed by atoms with Gasteiger partial charge in [0.05, 0.1) is 6.04 Å². The number of hydrogen-bond acceptors (Lipinski definition) is 2. The number of aromatic nitrogens is 1. The molecule has 0 spiro atoms. The molecule has 1 amide bonds. The summed E-state index contributed by atoms with van der Waals surface area (Å²) in [7, 11) is 2.03. The molecule has 1 aromatic carbocycles. The summed E-state index contributed by atoms with van der Waals surface area (Å²) in [6.45, 7) is 9.20. The van der Waals surface area contributed by atoms with Crippen LogP contribution in [0.2, 0.25) is 0 Å². The lowest BCUT2D eigenvalue weighted by molar-refractivity contribution is -0.139. The Labute approximate surface area is 156 Å². The molecule has 2 unspecified atom stereocenters. The van der Waals surface area contributed by atoms with Crippen LogP contribution in [0.1, 0.15) is 57.8 Å². The van der Waals surface area contributed by atoms with Crippen LogP contribution in [0.5, 0.6) is 5.75 Å². The molecule has 1 aliphatic heterocycles. The number of carbonyl (C=O) groups is 1. The van der Waals surface area contributed by atoms with Gasteiger partial charge in [0.1, 0.15) is 5.75 Å². The Morgan fingerprint density at radius 3 is 2.46 bits per heavy atom. The summed E-state index contributed by atoms with van der Waals surface area (Å²) in [6, 6.07) is 12.4. The van der Waals surface area contributed by atoms with Gasteiger partial charge in [-0.3, -0.25) is 4.79 Å². The van der Waals surface area contributed by atoms with Gasteiger partial charge in [-0.15, -0.1) is 0 Å². The average molecular weight is 354 g/mol. The number of ether oxygens (including phenoxy) is 1. The third-order valence-corrected chi connectivity index (χ3v) is 5.24. The first-order valence-electron chi connectivity index (χ1n) is 9.46. The fourth-order valence-electron chi connectivity index (χ4n) is 3.68. The molecule has 2 aromatic rings. The molecule has 3 rings (SSSR count). The number of nitrogens with zero attached hydrogens (tertiary/aromatic N) is 2. The molecule has 2 heterocycles. The van der Waals surface area contributed by atoms with Gasteiger partial charge in [-0.1, -0.05) is 32.9 Å². The van der Waals surface area contributed by atoms with Gasteiger partial charge in [0, 0.05) is 25.5 Å². The van der Waals surface area contributed by atoms with Crippen LogP contribution >= 0.6 is 0 Å². The van der Waals surface area contributed by atoms with Crippen molar-refractivity contribution in [2.75, 3.05) is 6.54 Å². The predicted octanol–water partition coefficient (Wildman–Crippen LogP) is 4.45. The van der Waals surface area contributed by atoms with Gasteiger partial charge in [-0.2, -0.15) is 0 Å². The fourth-order valence-corrected chi connectivity index (χ4v) is 3.68. The largest absolute Gasteiger partial charge is 0.481 e. The van der Waals surface area contributed by atoms with E-state index in [1.807, 2.05) is 43.3 Å². The highest BCUT2D eigenvalue weighted by Gasteiger charge is 2.34. The first-order valence-corrected chi connectivity index (χ1v) is 9.46. The number of rotatable bonds is 4. The minimum atomic E-state index is -0.489. The number of amides is 1. The van der Waals surface area contributed by atoms with E-state index in [1.165, 1.54) is 11.3 Å². The molecule has 0 radical (unpaired) electrons. The molecule has 4 heteroatoms. The van der Waals surface area contributed by atoms with Gasteiger partial charge in [0.15, 0.2) is 6.10 Å². The van der Waals surface area contributed by atoms with Crippen molar-refractivity contribution in [1.29, 1.82) is 0 Å². The molecule has 1 fully saturated rings. The molecule has 1 aliphatic rings. The van der Waals surface area contributed by atoms with Crippen LogP contribution in [0.15, 0.2) is 42.6 Å². The molecule has 140 valence electrons. The van der Waals surface area contributed by atoms with Crippen molar-refractivity contribution in [3.8, 4) is 5.75 Å². The van der Waals surface area contributed by atoms with Gasteiger partial charge < -0.3 is 14.2 Å². The molecule has 0 aliphatic carbocycles. The molecule has 26 heavy (non-hydrogen) atoms. The number of hydrogen-bond donors (Lipinski definition) is 0. The lowest BCUT2D eigenvalue weighted by atomic mass is 9.87. The van der Waals surface area contributed by atoms with E-state index in [1.54, 1.807) is 0 Å². The first kappa shape index (κ1) is 18.6. The summed E-state index contributed by atoms with van der Waals surface area (Å²) < 4.78 is 8.06. The molecule has 0 bridgehead atoms. The van der Waals surface area contributed by atoms with Gasteiger partial charge in [-0.25, -0.2) is 0 Å². The van der Waals surface area contributed by atoms with Gasteiger partial charge in [0.2, 0.25) is 0 Å². The van der Waals surface area contributed by atoms with Crippen LogP contribution in [-0.4, -0.2) is 28.0 Å². The highest BCUT2D eigenvalue weighted by molar-refractivity contribution is 5.81. The Morgan fingerprint density at radius 1 is 1.19 bits per heavy atom. The molecule has 0 saturated carbocycles. The predicted molar refractivity (Wildman–Crippen MR) is 104 cm³/mol. The Balaban J connectivity index is 1.68. The molecule has 2 atom stereocenters. The normalized spacial score (nSPS) is 18.8. The zero-order valence-corrected chi connectivity index (χ0v) is 16.5. The summed E-state index contributed by atoms with van der Waals surface area (Å²) in [6.07, 6.45) is 3.59. The summed E-state index contributed by atoms with van der Waals surface area (Å²) >= 11 is 0. The Kier molecular flexibility index (Phi) is 5.12. The summed E-state index contributed by atoms with van der Waals surface area (Å²) in [4.78, 5) is 15.0. The SMILES string of the molecule is CC(Oc1ccc(C(C)(C)C)cc1)C(=O)N1CCCC1c1cccn1C. The van der Waals surface area contributed by atoms with Crippen molar-refractivity contribution in [2.45, 2.75) is 58.1 Å². The van der Waals surface area contributed by atoms with Crippen LogP contribution < -0.4 is 4.74 Å². The zero-order chi connectivity index (χ0) is 18.9. The second kappa shape index (κ2) is 7.18. The quantitative estimate of drug-likeness (QED) is 0.813. The van der Waals surface area contributed by atoms with E-state index in [0.717, 1.165) is 25.1 Å². The third kappa shape index (κ3) is 3.79. The van der Waals surface area contributed by atoms with Gasteiger partial charge in [-0.05, 0) is 55.0 Å². The minimum Gasteiger partial charge on any atom is -0.481 e. The smallest absolute Gasteiger partial charge is 0.263 e. The highest BCUT2D eigenvalue weighted by Crippen LogP contribution is 2.33. The van der Waals surface area contributed by atoms with E-state index in [0.29, 0.717) is 0 Å². The molecular formula is C22H30N2O2. The number of benzene rings is 1. The molecule has 1 saturated heterocycles. The van der Waals surface area contributed by atoms with E-state index in [2.05, 4.69) is 43.5 Å². The van der Waals surface area contributed by atoms with Crippen molar-refractivity contribution < 1.29 is 9.53 Å². The van der Waals surface area contributed by atoms with E-state index >= 15 is 0 Å². The highest BCUT2D eigenvalue weighted by atomic mass is 16.5. The monoisotopic (exact) mass is 354 g/mol. The average Bonchev–Trinajstić information content (AvgIpc) is 3.22. The van der Waals surface area contributed by atoms with Gasteiger partial charge in [0.25, 0.3) is 5.91 Å². The summed E-state index contributed by atoms with van der Waals surface area (Å²) in [5, 5.41) is 0. The van der Waals surface area contributed by atoms with Crippen molar-refractivity contribution in [3.05, 3.63) is 53.9 Å². The third-order valence-electron chi connectivity index (χ3n) is 5.24. The fraction of sp³-hybridized carbons (Fsp3) is 0.500. The Hall–Kier alpha value is -2.23. The van der Waals surface area contributed by atoms with E-state index in [9.17, 15) is 4.79 Å². The Bertz CT molecular complexity index is 755. The Morgan fingerprint density at radius 2 is 1.88 bits per heavy atom. The van der Waals surface area contributed by atoms with Crippen LogP contribution in [0, 0.1) is 0 Å². The molecule has 4 nitrogen and oxygen atoms in total. The molecule has 0 N–H and O–H groups in total. The lowest BCUT2D eigenvalue weighted by Gasteiger charge is -2.28. The maximum absolute atomic E-state index is 13.0. The van der Waals surface area contributed by atoms with E-state index < -0.39 is 6.10 Å². The number of carbonyl (C=O) groups excluding carboxylic acids is 1. The van der Waals surface area contributed by atoms with Crippen LogP contribution in [0.25, 0.3) is 0 Å². The maximum atomic E-state index is 13.0. The lowest BCUT2D eigenvalue weighted by Crippen LogP contribution is -2.40. The van der Waals surface area contributed by atoms with Crippen LogP contribution in [-0.2, 0) is 17.3 Å². The zero-order valence-electron chi connectivity index (χ0n) is 16.5. The topological polar surface area (TPSA) is 34.5 Å². The molecular weight excluding hydrogens is 324 g/mol. The second-order valence-corrected chi connectivity index (χ2v) is 8.27. The van der Waals surface area contributed by atoms with Crippen LogP contribution in [0.3, 0.4) is 0 Å². The van der Waals surface area contributed by atoms with E-state index in [-0.39, 0.29) is 17.4 Å². The van der Waals surface area contributed by atoms with Crippen molar-refractivity contribution in [2.24, 2.45) is 7.05 Å². The molecule has 1 aromatic heterocycles. The summed E-state index contributed by atoms with van der Waals surface area (Å²) in [5.41, 5.74) is 2.56. The van der Waals surface area contributed by atoms with Crippen molar-refractivity contribution >= 4 is 5.91 Å². The first-order chi connectivity index (χ1) is 12.3. The number of aryl methyl sites for hydroxylation is 1. The maximum Gasteiger partial charge on any atom is 0.263 e.